The maximum atomic E-state index is 14.2. The van der Waals surface area contributed by atoms with Crippen LogP contribution in [0.5, 0.6) is 0 Å². The van der Waals surface area contributed by atoms with E-state index in [1.54, 1.807) is 25.1 Å². The third kappa shape index (κ3) is 8.02. The Morgan fingerprint density at radius 3 is 2.45 bits per heavy atom. The molecule has 0 fully saturated rings. The van der Waals surface area contributed by atoms with Crippen molar-refractivity contribution in [2.45, 2.75) is 58.9 Å². The van der Waals surface area contributed by atoms with E-state index in [4.69, 9.17) is 0 Å². The molecule has 1 unspecified atom stereocenters. The topological polar surface area (TPSA) is 49.4 Å². The van der Waals surface area contributed by atoms with E-state index in [9.17, 15) is 14.0 Å². The number of benzene rings is 2. The van der Waals surface area contributed by atoms with E-state index in [-0.39, 0.29) is 29.9 Å². The van der Waals surface area contributed by atoms with Gasteiger partial charge in [-0.1, -0.05) is 60.9 Å². The predicted octanol–water partition coefficient (Wildman–Crippen LogP) is 5.01. The summed E-state index contributed by atoms with van der Waals surface area (Å²) in [6, 6.07) is 12.1. The molecule has 0 spiro atoms. The van der Waals surface area contributed by atoms with Crippen molar-refractivity contribution >= 4 is 23.6 Å². The first-order valence-corrected chi connectivity index (χ1v) is 11.9. The molecular weight excluding hydrogens is 411 g/mol. The Kier molecular flexibility index (Phi) is 10.0. The van der Waals surface area contributed by atoms with E-state index in [0.29, 0.717) is 17.9 Å². The summed E-state index contributed by atoms with van der Waals surface area (Å²) in [5, 5.41) is 2.88. The molecule has 0 saturated carbocycles. The van der Waals surface area contributed by atoms with Gasteiger partial charge in [-0.25, -0.2) is 4.39 Å². The molecule has 168 valence electrons. The van der Waals surface area contributed by atoms with Gasteiger partial charge in [0, 0.05) is 24.4 Å². The van der Waals surface area contributed by atoms with Crippen LogP contribution >= 0.6 is 11.8 Å². The number of halogens is 1. The molecule has 0 aliphatic heterocycles. The molecule has 1 N–H and O–H groups in total. The van der Waals surface area contributed by atoms with Crippen molar-refractivity contribution in [3.8, 4) is 0 Å². The van der Waals surface area contributed by atoms with Crippen molar-refractivity contribution in [1.29, 1.82) is 0 Å². The summed E-state index contributed by atoms with van der Waals surface area (Å²) in [6.45, 7) is 8.51. The number of nitrogens with zero attached hydrogens (tertiary/aromatic N) is 1. The number of carbonyl (C=O) groups excluding carboxylic acids is 2. The van der Waals surface area contributed by atoms with Gasteiger partial charge in [0.1, 0.15) is 11.9 Å². The molecule has 0 aromatic heterocycles. The van der Waals surface area contributed by atoms with Crippen molar-refractivity contribution in [2.24, 2.45) is 0 Å². The lowest BCUT2D eigenvalue weighted by atomic mass is 10.1. The fourth-order valence-electron chi connectivity index (χ4n) is 3.42. The molecule has 6 heteroatoms. The number of thioether (sulfide) groups is 1. The van der Waals surface area contributed by atoms with Gasteiger partial charge in [-0.15, -0.1) is 11.8 Å². The molecule has 4 nitrogen and oxygen atoms in total. The lowest BCUT2D eigenvalue weighted by molar-refractivity contribution is -0.138. The van der Waals surface area contributed by atoms with Gasteiger partial charge in [0.15, 0.2) is 0 Å². The van der Waals surface area contributed by atoms with Crippen molar-refractivity contribution in [3.05, 3.63) is 70.5 Å². The van der Waals surface area contributed by atoms with Gasteiger partial charge in [0.25, 0.3) is 0 Å². The molecule has 2 aromatic carbocycles. The van der Waals surface area contributed by atoms with Crippen molar-refractivity contribution in [1.82, 2.24) is 10.2 Å². The lowest BCUT2D eigenvalue weighted by Crippen LogP contribution is -2.48. The highest BCUT2D eigenvalue weighted by Crippen LogP contribution is 2.19. The molecular formula is C25H33FN2O2S. The van der Waals surface area contributed by atoms with Crippen LogP contribution in [-0.2, 0) is 21.9 Å². The maximum absolute atomic E-state index is 14.2. The van der Waals surface area contributed by atoms with Crippen LogP contribution < -0.4 is 5.32 Å². The first kappa shape index (κ1) is 24.9. The SMILES string of the molecule is CCCCNC(=O)C(C)N(Cc1ccccc1F)C(=O)CSCc1cc(C)cc(C)c1. The molecule has 0 radical (unpaired) electrons. The summed E-state index contributed by atoms with van der Waals surface area (Å²) < 4.78 is 14.2. The molecule has 0 heterocycles. The molecule has 31 heavy (non-hydrogen) atoms. The van der Waals surface area contributed by atoms with Gasteiger partial charge >= 0.3 is 0 Å². The molecule has 0 bridgehead atoms. The molecule has 2 amide bonds. The number of unbranched alkanes of at least 4 members (excludes halogenated alkanes) is 1. The molecule has 0 saturated heterocycles. The summed E-state index contributed by atoms with van der Waals surface area (Å²) in [5.74, 6) is 0.183. The minimum absolute atomic E-state index is 0.0674. The number of nitrogens with one attached hydrogen (secondary N) is 1. The normalized spacial score (nSPS) is 11.8. The van der Waals surface area contributed by atoms with E-state index < -0.39 is 6.04 Å². The van der Waals surface area contributed by atoms with Crippen LogP contribution in [0.15, 0.2) is 42.5 Å². The minimum atomic E-state index is -0.675. The second-order valence-corrected chi connectivity index (χ2v) is 8.91. The minimum Gasteiger partial charge on any atom is -0.354 e. The fraction of sp³-hybridized carbons (Fsp3) is 0.440. The predicted molar refractivity (Wildman–Crippen MR) is 126 cm³/mol. The highest BCUT2D eigenvalue weighted by Gasteiger charge is 2.26. The number of carbonyl (C=O) groups is 2. The first-order valence-electron chi connectivity index (χ1n) is 10.8. The second kappa shape index (κ2) is 12.5. The monoisotopic (exact) mass is 444 g/mol. The average molecular weight is 445 g/mol. The van der Waals surface area contributed by atoms with Crippen LogP contribution in [0.1, 0.15) is 48.9 Å². The Bertz CT molecular complexity index is 867. The van der Waals surface area contributed by atoms with Crippen LogP contribution in [-0.4, -0.2) is 35.1 Å². The van der Waals surface area contributed by atoms with Crippen molar-refractivity contribution < 1.29 is 14.0 Å². The summed E-state index contributed by atoms with van der Waals surface area (Å²) in [5.41, 5.74) is 3.96. The molecule has 0 aliphatic rings. The summed E-state index contributed by atoms with van der Waals surface area (Å²) >= 11 is 1.51. The number of amides is 2. The Morgan fingerprint density at radius 2 is 1.81 bits per heavy atom. The third-order valence-electron chi connectivity index (χ3n) is 5.07. The molecule has 2 aromatic rings. The van der Waals surface area contributed by atoms with E-state index in [1.165, 1.54) is 39.4 Å². The first-order chi connectivity index (χ1) is 14.8. The molecule has 0 aliphatic carbocycles. The van der Waals surface area contributed by atoms with E-state index in [2.05, 4.69) is 44.3 Å². The van der Waals surface area contributed by atoms with Crippen molar-refractivity contribution in [3.63, 3.8) is 0 Å². The van der Waals surface area contributed by atoms with Gasteiger partial charge in [0.05, 0.1) is 5.75 Å². The van der Waals surface area contributed by atoms with Gasteiger partial charge in [0.2, 0.25) is 11.8 Å². The largest absolute Gasteiger partial charge is 0.354 e. The Labute approximate surface area is 189 Å². The quantitative estimate of drug-likeness (QED) is 0.496. The van der Waals surface area contributed by atoms with Gasteiger partial charge in [-0.2, -0.15) is 0 Å². The smallest absolute Gasteiger partial charge is 0.242 e. The van der Waals surface area contributed by atoms with Crippen molar-refractivity contribution in [2.75, 3.05) is 12.3 Å². The molecule has 2 rings (SSSR count). The summed E-state index contributed by atoms with van der Waals surface area (Å²) in [6.07, 6.45) is 1.85. The zero-order valence-corrected chi connectivity index (χ0v) is 19.7. The zero-order valence-electron chi connectivity index (χ0n) is 18.9. The maximum Gasteiger partial charge on any atom is 0.242 e. The molecule has 1 atom stereocenters. The Morgan fingerprint density at radius 1 is 1.13 bits per heavy atom. The fourth-order valence-corrected chi connectivity index (χ4v) is 4.27. The van der Waals surface area contributed by atoms with E-state index in [1.807, 2.05) is 0 Å². The number of hydrogen-bond donors (Lipinski definition) is 1. The van der Waals surface area contributed by atoms with Crippen LogP contribution in [0, 0.1) is 19.7 Å². The van der Waals surface area contributed by atoms with Crippen LogP contribution in [0.4, 0.5) is 4.39 Å². The lowest BCUT2D eigenvalue weighted by Gasteiger charge is -2.29. The number of aryl methyl sites for hydroxylation is 2. The van der Waals surface area contributed by atoms with Gasteiger partial charge in [-0.3, -0.25) is 9.59 Å². The Hall–Kier alpha value is -2.34. The highest BCUT2D eigenvalue weighted by molar-refractivity contribution is 7.99. The summed E-state index contributed by atoms with van der Waals surface area (Å²) in [7, 11) is 0. The van der Waals surface area contributed by atoms with Gasteiger partial charge in [-0.05, 0) is 38.8 Å². The van der Waals surface area contributed by atoms with Crippen LogP contribution in [0.2, 0.25) is 0 Å². The third-order valence-corrected chi connectivity index (χ3v) is 6.06. The second-order valence-electron chi connectivity index (χ2n) is 7.92. The Balaban J connectivity index is 2.07. The average Bonchev–Trinajstić information content (AvgIpc) is 2.72. The summed E-state index contributed by atoms with van der Waals surface area (Å²) in [4.78, 5) is 27.1. The highest BCUT2D eigenvalue weighted by atomic mass is 32.2. The van der Waals surface area contributed by atoms with E-state index in [0.717, 1.165) is 12.8 Å². The number of rotatable bonds is 11. The van der Waals surface area contributed by atoms with Crippen LogP contribution in [0.25, 0.3) is 0 Å². The standard InChI is InChI=1S/C25H33FN2O2S/c1-5-6-11-27-25(30)20(4)28(15-22-9-7-8-10-23(22)26)24(29)17-31-16-21-13-18(2)12-19(3)14-21/h7-10,12-14,20H,5-6,11,15-17H2,1-4H3,(H,27,30). The van der Waals surface area contributed by atoms with Gasteiger partial charge < -0.3 is 10.2 Å². The number of hydrogen-bond acceptors (Lipinski definition) is 3. The van der Waals surface area contributed by atoms with E-state index >= 15 is 0 Å². The zero-order chi connectivity index (χ0) is 22.8. The van der Waals surface area contributed by atoms with Crippen LogP contribution in [0.3, 0.4) is 0 Å².